The van der Waals surface area contributed by atoms with Crippen molar-refractivity contribution < 1.29 is 19.0 Å². The van der Waals surface area contributed by atoms with Gasteiger partial charge in [0.25, 0.3) is 0 Å². The van der Waals surface area contributed by atoms with Gasteiger partial charge >= 0.3 is 5.97 Å². The summed E-state index contributed by atoms with van der Waals surface area (Å²) in [6, 6.07) is 7.22. The summed E-state index contributed by atoms with van der Waals surface area (Å²) in [5.74, 6) is 1.13. The number of carbonyl (C=O) groups excluding carboxylic acids is 1. The minimum absolute atomic E-state index is 0.273. The van der Waals surface area contributed by atoms with E-state index in [1.807, 2.05) is 25.1 Å². The molecule has 0 aliphatic carbocycles. The largest absolute Gasteiger partial charge is 0.490 e. The van der Waals surface area contributed by atoms with Crippen molar-refractivity contribution >= 4 is 17.6 Å². The van der Waals surface area contributed by atoms with Crippen molar-refractivity contribution in [2.45, 2.75) is 26.7 Å². The molecule has 0 fully saturated rings. The average Bonchev–Trinajstić information content (AvgIpc) is 2.68. The van der Waals surface area contributed by atoms with E-state index in [0.29, 0.717) is 30.5 Å². The quantitative estimate of drug-likeness (QED) is 0.387. The van der Waals surface area contributed by atoms with Gasteiger partial charge in [0.15, 0.2) is 17.3 Å². The molecule has 0 radical (unpaired) electrons. The summed E-state index contributed by atoms with van der Waals surface area (Å²) in [7, 11) is 1.33. The van der Waals surface area contributed by atoms with Crippen molar-refractivity contribution in [3.63, 3.8) is 0 Å². The van der Waals surface area contributed by atoms with Gasteiger partial charge in [0, 0.05) is 12.4 Å². The zero-order valence-corrected chi connectivity index (χ0v) is 15.4. The van der Waals surface area contributed by atoms with E-state index in [1.165, 1.54) is 7.11 Å². The Labute approximate surface area is 153 Å². The molecule has 2 aromatic rings. The number of ether oxygens (including phenoxy) is 3. The summed E-state index contributed by atoms with van der Waals surface area (Å²) in [5.41, 5.74) is 1.04. The Morgan fingerprint density at radius 3 is 2.54 bits per heavy atom. The summed E-state index contributed by atoms with van der Waals surface area (Å²) < 4.78 is 16.3. The third-order valence-electron chi connectivity index (χ3n) is 3.55. The van der Waals surface area contributed by atoms with Crippen LogP contribution in [0.15, 0.2) is 36.7 Å². The van der Waals surface area contributed by atoms with E-state index in [4.69, 9.17) is 14.2 Å². The number of esters is 1. The number of unbranched alkanes of at least 4 members (excludes halogenated alkanes) is 1. The molecule has 0 atom stereocenters. The molecule has 0 saturated carbocycles. The van der Waals surface area contributed by atoms with E-state index in [1.54, 1.807) is 24.5 Å². The summed E-state index contributed by atoms with van der Waals surface area (Å²) >= 11 is 0. The van der Waals surface area contributed by atoms with Crippen LogP contribution in [0, 0.1) is 0 Å². The molecule has 2 rings (SSSR count). The van der Waals surface area contributed by atoms with E-state index in [0.717, 1.165) is 18.4 Å². The lowest BCUT2D eigenvalue weighted by Gasteiger charge is -2.12. The maximum Gasteiger partial charge on any atom is 0.341 e. The van der Waals surface area contributed by atoms with Crippen LogP contribution in [0.4, 0.5) is 0 Å². The number of carbonyl (C=O) groups is 1. The molecule has 0 unspecified atom stereocenters. The van der Waals surface area contributed by atoms with Gasteiger partial charge in [-0.05, 0) is 43.2 Å². The lowest BCUT2D eigenvalue weighted by atomic mass is 10.1. The Hall–Kier alpha value is -2.89. The molecular formula is C20H24N2O4. The lowest BCUT2D eigenvalue weighted by molar-refractivity contribution is -0.133. The molecule has 1 heterocycles. The lowest BCUT2D eigenvalue weighted by Crippen LogP contribution is -2.07. The summed E-state index contributed by atoms with van der Waals surface area (Å²) in [4.78, 5) is 20.4. The van der Waals surface area contributed by atoms with E-state index >= 15 is 0 Å². The Morgan fingerprint density at radius 1 is 1.12 bits per heavy atom. The summed E-state index contributed by atoms with van der Waals surface area (Å²) in [6.45, 7) is 5.18. The third kappa shape index (κ3) is 5.31. The molecule has 1 aromatic carbocycles. The first-order chi connectivity index (χ1) is 12.7. The number of rotatable bonds is 9. The van der Waals surface area contributed by atoms with Crippen LogP contribution < -0.4 is 9.47 Å². The van der Waals surface area contributed by atoms with Crippen LogP contribution in [-0.2, 0) is 9.53 Å². The van der Waals surface area contributed by atoms with E-state index in [9.17, 15) is 4.79 Å². The highest BCUT2D eigenvalue weighted by Gasteiger charge is 2.16. The Bertz CT molecular complexity index is 745. The van der Waals surface area contributed by atoms with Crippen molar-refractivity contribution in [2.75, 3.05) is 20.3 Å². The fraction of sp³-hybridized carbons (Fsp3) is 0.350. The second-order valence-corrected chi connectivity index (χ2v) is 5.46. The van der Waals surface area contributed by atoms with Gasteiger partial charge in [-0.3, -0.25) is 0 Å². The van der Waals surface area contributed by atoms with Gasteiger partial charge in [0.1, 0.15) is 5.57 Å². The molecule has 0 saturated heterocycles. The highest BCUT2D eigenvalue weighted by Crippen LogP contribution is 2.30. The van der Waals surface area contributed by atoms with Crippen molar-refractivity contribution in [3.8, 4) is 11.5 Å². The van der Waals surface area contributed by atoms with Gasteiger partial charge in [0.2, 0.25) is 0 Å². The molecule has 0 aliphatic rings. The van der Waals surface area contributed by atoms with Gasteiger partial charge in [-0.1, -0.05) is 19.4 Å². The minimum atomic E-state index is -0.502. The number of hydrogen-bond donors (Lipinski definition) is 0. The van der Waals surface area contributed by atoms with Crippen LogP contribution in [0.3, 0.4) is 0 Å². The van der Waals surface area contributed by atoms with Crippen LogP contribution >= 0.6 is 0 Å². The predicted octanol–water partition coefficient (Wildman–Crippen LogP) is 3.77. The first kappa shape index (κ1) is 19.4. The highest BCUT2D eigenvalue weighted by atomic mass is 16.5. The maximum absolute atomic E-state index is 12.1. The molecule has 0 aliphatic heterocycles. The molecule has 0 amide bonds. The van der Waals surface area contributed by atoms with Crippen LogP contribution in [-0.4, -0.2) is 36.3 Å². The van der Waals surface area contributed by atoms with Crippen molar-refractivity contribution in [2.24, 2.45) is 0 Å². The SMILES string of the molecule is CCCCOc1ccc(/C=C(\C(=O)OC)c2ncccn2)cc1OCC. The van der Waals surface area contributed by atoms with E-state index in [2.05, 4.69) is 16.9 Å². The molecule has 0 N–H and O–H groups in total. The van der Waals surface area contributed by atoms with E-state index < -0.39 is 5.97 Å². The van der Waals surface area contributed by atoms with E-state index in [-0.39, 0.29) is 5.57 Å². The van der Waals surface area contributed by atoms with Crippen molar-refractivity contribution in [1.82, 2.24) is 9.97 Å². The van der Waals surface area contributed by atoms with Gasteiger partial charge in [-0.25, -0.2) is 14.8 Å². The molecule has 0 bridgehead atoms. The number of aromatic nitrogens is 2. The molecule has 6 heteroatoms. The molecule has 0 spiro atoms. The second kappa shape index (κ2) is 10.2. The van der Waals surface area contributed by atoms with Crippen LogP contribution in [0.1, 0.15) is 38.1 Å². The molecule has 6 nitrogen and oxygen atoms in total. The summed E-state index contributed by atoms with van der Waals surface area (Å²) in [5, 5.41) is 0. The van der Waals surface area contributed by atoms with Gasteiger partial charge < -0.3 is 14.2 Å². The first-order valence-electron chi connectivity index (χ1n) is 8.66. The molecule has 1 aromatic heterocycles. The fourth-order valence-corrected chi connectivity index (χ4v) is 2.26. The fourth-order valence-electron chi connectivity index (χ4n) is 2.26. The maximum atomic E-state index is 12.1. The van der Waals surface area contributed by atoms with Gasteiger partial charge in [-0.2, -0.15) is 0 Å². The standard InChI is InChI=1S/C20H24N2O4/c1-4-6-12-26-17-9-8-15(14-18(17)25-5-2)13-16(20(23)24-3)19-21-10-7-11-22-19/h7-11,13-14H,4-6,12H2,1-3H3/b16-13-. The van der Waals surface area contributed by atoms with Crippen LogP contribution in [0.2, 0.25) is 0 Å². The predicted molar refractivity (Wildman–Crippen MR) is 99.9 cm³/mol. The monoisotopic (exact) mass is 356 g/mol. The Morgan fingerprint density at radius 2 is 1.88 bits per heavy atom. The zero-order chi connectivity index (χ0) is 18.8. The third-order valence-corrected chi connectivity index (χ3v) is 3.55. The van der Waals surface area contributed by atoms with Crippen molar-refractivity contribution in [1.29, 1.82) is 0 Å². The average molecular weight is 356 g/mol. The second-order valence-electron chi connectivity index (χ2n) is 5.46. The molecular weight excluding hydrogens is 332 g/mol. The van der Waals surface area contributed by atoms with Gasteiger partial charge in [0.05, 0.1) is 20.3 Å². The number of benzene rings is 1. The van der Waals surface area contributed by atoms with Crippen LogP contribution in [0.25, 0.3) is 11.6 Å². The zero-order valence-electron chi connectivity index (χ0n) is 15.4. The van der Waals surface area contributed by atoms with Gasteiger partial charge in [-0.15, -0.1) is 0 Å². The number of nitrogens with zero attached hydrogens (tertiary/aromatic N) is 2. The summed E-state index contributed by atoms with van der Waals surface area (Å²) in [6.07, 6.45) is 6.87. The Balaban J connectivity index is 2.36. The number of hydrogen-bond acceptors (Lipinski definition) is 6. The smallest absolute Gasteiger partial charge is 0.341 e. The number of methoxy groups -OCH3 is 1. The topological polar surface area (TPSA) is 70.5 Å². The minimum Gasteiger partial charge on any atom is -0.490 e. The molecule has 138 valence electrons. The normalized spacial score (nSPS) is 11.1. The van der Waals surface area contributed by atoms with Crippen LogP contribution in [0.5, 0.6) is 11.5 Å². The molecule has 26 heavy (non-hydrogen) atoms. The first-order valence-corrected chi connectivity index (χ1v) is 8.66. The van der Waals surface area contributed by atoms with Crippen molar-refractivity contribution in [3.05, 3.63) is 48.0 Å². The highest BCUT2D eigenvalue weighted by molar-refractivity contribution is 6.20. The Kier molecular flexibility index (Phi) is 7.61.